The van der Waals surface area contributed by atoms with E-state index in [1.807, 2.05) is 20.8 Å². The molecule has 2 heterocycles. The molecule has 1 aliphatic rings. The third kappa shape index (κ3) is 4.13. The molecule has 0 spiro atoms. The van der Waals surface area contributed by atoms with Crippen LogP contribution >= 0.6 is 0 Å². The van der Waals surface area contributed by atoms with Gasteiger partial charge < -0.3 is 9.84 Å². The maximum absolute atomic E-state index is 11.7. The normalized spacial score (nSPS) is 25.6. The average molecular weight is 281 g/mol. The molecule has 20 heavy (non-hydrogen) atoms. The number of aryl methyl sites for hydroxylation is 1. The van der Waals surface area contributed by atoms with Crippen LogP contribution in [0.3, 0.4) is 0 Å². The fourth-order valence-corrected chi connectivity index (χ4v) is 2.67. The number of aliphatic hydroxyl groups is 1. The molecule has 0 aromatic carbocycles. The fraction of sp³-hybridized carbons (Fsp3) is 0.714. The molecular formula is C14H23N3O3. The van der Waals surface area contributed by atoms with Crippen LogP contribution in [0.25, 0.3) is 0 Å². The first-order valence-corrected chi connectivity index (χ1v) is 7.04. The van der Waals surface area contributed by atoms with Crippen LogP contribution in [0.2, 0.25) is 0 Å². The van der Waals surface area contributed by atoms with E-state index in [1.165, 1.54) is 10.7 Å². The lowest BCUT2D eigenvalue weighted by atomic mass is 10.2. The van der Waals surface area contributed by atoms with Crippen LogP contribution in [0.4, 0.5) is 0 Å². The monoisotopic (exact) mass is 281 g/mol. The first-order chi connectivity index (χ1) is 9.44. The van der Waals surface area contributed by atoms with E-state index in [4.69, 9.17) is 4.74 Å². The molecule has 1 aromatic rings. The highest BCUT2D eigenvalue weighted by Gasteiger charge is 2.24. The first-order valence-electron chi connectivity index (χ1n) is 7.04. The third-order valence-electron chi connectivity index (χ3n) is 3.35. The molecule has 112 valence electrons. The molecule has 1 fully saturated rings. The van der Waals surface area contributed by atoms with E-state index in [0.717, 1.165) is 18.8 Å². The molecule has 6 heteroatoms. The van der Waals surface area contributed by atoms with Gasteiger partial charge in [-0.1, -0.05) is 0 Å². The number of aromatic nitrogens is 2. The number of ether oxygens (including phenoxy) is 1. The van der Waals surface area contributed by atoms with E-state index in [1.54, 1.807) is 6.07 Å². The molecule has 0 saturated carbocycles. The average Bonchev–Trinajstić information content (AvgIpc) is 2.32. The summed E-state index contributed by atoms with van der Waals surface area (Å²) < 4.78 is 6.99. The fourth-order valence-electron chi connectivity index (χ4n) is 2.67. The number of hydrogen-bond donors (Lipinski definition) is 1. The second kappa shape index (κ2) is 6.47. The molecule has 1 N–H and O–H groups in total. The molecule has 0 aliphatic carbocycles. The number of hydrogen-bond acceptors (Lipinski definition) is 5. The summed E-state index contributed by atoms with van der Waals surface area (Å²) >= 11 is 0. The van der Waals surface area contributed by atoms with Crippen molar-refractivity contribution in [3.63, 3.8) is 0 Å². The van der Waals surface area contributed by atoms with Gasteiger partial charge in [0, 0.05) is 25.7 Å². The van der Waals surface area contributed by atoms with Crippen molar-refractivity contribution < 1.29 is 9.84 Å². The van der Waals surface area contributed by atoms with Gasteiger partial charge in [0.2, 0.25) is 0 Å². The van der Waals surface area contributed by atoms with Crippen LogP contribution in [0.1, 0.15) is 19.5 Å². The van der Waals surface area contributed by atoms with Gasteiger partial charge in [0.15, 0.2) is 0 Å². The second-order valence-corrected chi connectivity index (χ2v) is 5.62. The zero-order chi connectivity index (χ0) is 14.7. The van der Waals surface area contributed by atoms with Crippen molar-refractivity contribution in [2.45, 2.75) is 45.6 Å². The Bertz CT molecular complexity index is 493. The Labute approximate surface area is 119 Å². The lowest BCUT2D eigenvalue weighted by Crippen LogP contribution is -2.48. The largest absolute Gasteiger partial charge is 0.390 e. The smallest absolute Gasteiger partial charge is 0.266 e. The zero-order valence-electron chi connectivity index (χ0n) is 12.3. The predicted molar refractivity (Wildman–Crippen MR) is 75.7 cm³/mol. The van der Waals surface area contributed by atoms with Crippen LogP contribution < -0.4 is 5.56 Å². The van der Waals surface area contributed by atoms with Gasteiger partial charge in [0.1, 0.15) is 0 Å². The van der Waals surface area contributed by atoms with Crippen molar-refractivity contribution in [2.24, 2.45) is 0 Å². The maximum Gasteiger partial charge on any atom is 0.266 e. The summed E-state index contributed by atoms with van der Waals surface area (Å²) in [6.45, 7) is 8.24. The summed E-state index contributed by atoms with van der Waals surface area (Å²) in [4.78, 5) is 13.8. The van der Waals surface area contributed by atoms with Gasteiger partial charge >= 0.3 is 0 Å². The summed E-state index contributed by atoms with van der Waals surface area (Å²) in [6.07, 6.45) is -0.268. The zero-order valence-corrected chi connectivity index (χ0v) is 12.3. The Hall–Kier alpha value is -1.24. The van der Waals surface area contributed by atoms with E-state index in [-0.39, 0.29) is 24.3 Å². The third-order valence-corrected chi connectivity index (χ3v) is 3.35. The number of β-amino-alcohol motifs (C(OH)–C–C–N with tert-alkyl or cyclic N) is 1. The van der Waals surface area contributed by atoms with Crippen molar-refractivity contribution in [3.05, 3.63) is 28.2 Å². The summed E-state index contributed by atoms with van der Waals surface area (Å²) in [6, 6.07) is 3.16. The van der Waals surface area contributed by atoms with Gasteiger partial charge in [-0.25, -0.2) is 4.68 Å². The lowest BCUT2D eigenvalue weighted by Gasteiger charge is -2.36. The Morgan fingerprint density at radius 3 is 2.65 bits per heavy atom. The molecule has 1 saturated heterocycles. The van der Waals surface area contributed by atoms with Gasteiger partial charge in [-0.3, -0.25) is 9.69 Å². The minimum absolute atomic E-state index is 0.172. The molecule has 0 amide bonds. The van der Waals surface area contributed by atoms with E-state index in [9.17, 15) is 9.90 Å². The Balaban J connectivity index is 1.93. The van der Waals surface area contributed by atoms with Gasteiger partial charge in [-0.15, -0.1) is 0 Å². The SMILES string of the molecule is Cc1ccc(=O)n(CC(O)CN2CC(C)OC(C)C2)n1. The van der Waals surface area contributed by atoms with E-state index in [2.05, 4.69) is 10.00 Å². The summed E-state index contributed by atoms with van der Waals surface area (Å²) in [5.74, 6) is 0. The van der Waals surface area contributed by atoms with E-state index < -0.39 is 6.10 Å². The highest BCUT2D eigenvalue weighted by Crippen LogP contribution is 2.11. The maximum atomic E-state index is 11.7. The summed E-state index contributed by atoms with van der Waals surface area (Å²) in [7, 11) is 0. The summed E-state index contributed by atoms with van der Waals surface area (Å²) in [5.41, 5.74) is 0.587. The first kappa shape index (κ1) is 15.2. The Kier molecular flexibility index (Phi) is 4.91. The van der Waals surface area contributed by atoms with Crippen LogP contribution in [-0.2, 0) is 11.3 Å². The Morgan fingerprint density at radius 1 is 1.35 bits per heavy atom. The molecule has 2 rings (SSSR count). The highest BCUT2D eigenvalue weighted by atomic mass is 16.5. The molecule has 6 nitrogen and oxygen atoms in total. The topological polar surface area (TPSA) is 67.6 Å². The molecule has 1 aromatic heterocycles. The minimum Gasteiger partial charge on any atom is -0.390 e. The number of nitrogens with zero attached hydrogens (tertiary/aromatic N) is 3. The molecule has 1 aliphatic heterocycles. The minimum atomic E-state index is -0.612. The van der Waals surface area contributed by atoms with Crippen molar-refractivity contribution in [3.8, 4) is 0 Å². The summed E-state index contributed by atoms with van der Waals surface area (Å²) in [5, 5.41) is 14.3. The number of morpholine rings is 1. The van der Waals surface area contributed by atoms with Crippen molar-refractivity contribution in [1.29, 1.82) is 0 Å². The lowest BCUT2D eigenvalue weighted by molar-refractivity contribution is -0.0775. The molecule has 0 radical (unpaired) electrons. The Morgan fingerprint density at radius 2 is 2.00 bits per heavy atom. The van der Waals surface area contributed by atoms with E-state index in [0.29, 0.717) is 6.54 Å². The van der Waals surface area contributed by atoms with Crippen molar-refractivity contribution in [2.75, 3.05) is 19.6 Å². The number of aliphatic hydroxyl groups excluding tert-OH is 1. The second-order valence-electron chi connectivity index (χ2n) is 5.62. The van der Waals surface area contributed by atoms with Gasteiger partial charge in [0.05, 0.1) is 30.6 Å². The van der Waals surface area contributed by atoms with E-state index >= 15 is 0 Å². The molecule has 3 atom stereocenters. The van der Waals surface area contributed by atoms with Crippen molar-refractivity contribution in [1.82, 2.24) is 14.7 Å². The van der Waals surface area contributed by atoms with Crippen LogP contribution in [0, 0.1) is 6.92 Å². The highest BCUT2D eigenvalue weighted by molar-refractivity contribution is 4.97. The van der Waals surface area contributed by atoms with Crippen LogP contribution in [-0.4, -0.2) is 57.7 Å². The predicted octanol–water partition coefficient (Wildman–Crippen LogP) is 0.0218. The molecule has 3 unspecified atom stereocenters. The van der Waals surface area contributed by atoms with Gasteiger partial charge in [0.25, 0.3) is 5.56 Å². The molecule has 0 bridgehead atoms. The van der Waals surface area contributed by atoms with Crippen molar-refractivity contribution >= 4 is 0 Å². The van der Waals surface area contributed by atoms with Gasteiger partial charge in [-0.05, 0) is 26.8 Å². The standard InChI is InChI=1S/C14H23N3O3/c1-10-4-5-14(19)17(15-10)9-13(18)8-16-6-11(2)20-12(3)7-16/h4-5,11-13,18H,6-9H2,1-3H3. The molecular weight excluding hydrogens is 258 g/mol. The van der Waals surface area contributed by atoms with Gasteiger partial charge in [-0.2, -0.15) is 5.10 Å². The number of rotatable bonds is 4. The van der Waals surface area contributed by atoms with Crippen LogP contribution in [0.5, 0.6) is 0 Å². The van der Waals surface area contributed by atoms with Crippen LogP contribution in [0.15, 0.2) is 16.9 Å². The quantitative estimate of drug-likeness (QED) is 0.843.